The Hall–Kier alpha value is -3.29. The maximum atomic E-state index is 12.9. The third-order valence-electron chi connectivity index (χ3n) is 5.31. The van der Waals surface area contributed by atoms with Crippen LogP contribution in [0.3, 0.4) is 0 Å². The van der Waals surface area contributed by atoms with Crippen LogP contribution in [0.25, 0.3) is 6.08 Å². The van der Waals surface area contributed by atoms with Gasteiger partial charge in [-0.3, -0.25) is 4.79 Å². The van der Waals surface area contributed by atoms with Gasteiger partial charge in [0, 0.05) is 12.6 Å². The highest BCUT2D eigenvalue weighted by Gasteiger charge is 2.29. The van der Waals surface area contributed by atoms with E-state index in [-0.39, 0.29) is 23.4 Å². The number of carbonyl (C=O) groups is 1. The SMILES string of the molecule is COc1cc(C=CC(=O)N2CCCC2c2ccc3c(c2)OCCO3)ccc1OC(F)F. The monoisotopic (exact) mass is 431 g/mol. The fourth-order valence-electron chi connectivity index (χ4n) is 3.89. The summed E-state index contributed by atoms with van der Waals surface area (Å²) in [5.74, 6) is 1.42. The first-order valence-corrected chi connectivity index (χ1v) is 10.1. The lowest BCUT2D eigenvalue weighted by molar-refractivity contribution is -0.126. The third-order valence-corrected chi connectivity index (χ3v) is 5.31. The van der Waals surface area contributed by atoms with Crippen molar-refractivity contribution < 1.29 is 32.5 Å². The van der Waals surface area contributed by atoms with E-state index in [2.05, 4.69) is 4.74 Å². The van der Waals surface area contributed by atoms with Crippen molar-refractivity contribution in [1.82, 2.24) is 4.90 Å². The lowest BCUT2D eigenvalue weighted by Crippen LogP contribution is -2.29. The number of nitrogens with zero attached hydrogens (tertiary/aromatic N) is 1. The molecule has 0 aromatic heterocycles. The molecule has 2 heterocycles. The number of amides is 1. The van der Waals surface area contributed by atoms with E-state index in [9.17, 15) is 13.6 Å². The van der Waals surface area contributed by atoms with Crippen molar-refractivity contribution in [3.05, 3.63) is 53.6 Å². The van der Waals surface area contributed by atoms with Gasteiger partial charge < -0.3 is 23.8 Å². The van der Waals surface area contributed by atoms with Gasteiger partial charge in [-0.05, 0) is 54.3 Å². The molecule has 31 heavy (non-hydrogen) atoms. The first-order chi connectivity index (χ1) is 15.0. The van der Waals surface area contributed by atoms with Crippen molar-refractivity contribution in [3.63, 3.8) is 0 Å². The van der Waals surface area contributed by atoms with Gasteiger partial charge in [0.2, 0.25) is 5.91 Å². The molecule has 2 aliphatic heterocycles. The third kappa shape index (κ3) is 4.73. The van der Waals surface area contributed by atoms with E-state index < -0.39 is 6.61 Å². The van der Waals surface area contributed by atoms with E-state index in [1.165, 1.54) is 19.3 Å². The molecule has 2 aromatic rings. The van der Waals surface area contributed by atoms with Crippen molar-refractivity contribution in [1.29, 1.82) is 0 Å². The number of ether oxygens (including phenoxy) is 4. The predicted octanol–water partition coefficient (Wildman–Crippen LogP) is 4.44. The van der Waals surface area contributed by atoms with E-state index in [0.29, 0.717) is 31.1 Å². The summed E-state index contributed by atoms with van der Waals surface area (Å²) >= 11 is 0. The molecule has 2 aromatic carbocycles. The van der Waals surface area contributed by atoms with Gasteiger partial charge in [0.15, 0.2) is 23.0 Å². The summed E-state index contributed by atoms with van der Waals surface area (Å²) in [7, 11) is 1.37. The topological polar surface area (TPSA) is 57.2 Å². The number of hydrogen-bond acceptors (Lipinski definition) is 5. The summed E-state index contributed by atoms with van der Waals surface area (Å²) in [6.07, 6.45) is 4.90. The summed E-state index contributed by atoms with van der Waals surface area (Å²) in [5, 5.41) is 0. The Balaban J connectivity index is 1.48. The second kappa shape index (κ2) is 9.24. The van der Waals surface area contributed by atoms with Crippen LogP contribution in [0.5, 0.6) is 23.0 Å². The van der Waals surface area contributed by atoms with Crippen molar-refractivity contribution in [3.8, 4) is 23.0 Å². The zero-order valence-corrected chi connectivity index (χ0v) is 17.1. The average Bonchev–Trinajstić information content (AvgIpc) is 3.27. The van der Waals surface area contributed by atoms with Gasteiger partial charge in [-0.2, -0.15) is 8.78 Å². The van der Waals surface area contributed by atoms with Gasteiger partial charge in [0.1, 0.15) is 13.2 Å². The molecule has 0 saturated carbocycles. The highest BCUT2D eigenvalue weighted by Crippen LogP contribution is 2.38. The zero-order chi connectivity index (χ0) is 21.8. The minimum atomic E-state index is -2.94. The van der Waals surface area contributed by atoms with Gasteiger partial charge in [0.25, 0.3) is 0 Å². The fourth-order valence-corrected chi connectivity index (χ4v) is 3.89. The Morgan fingerprint density at radius 3 is 2.71 bits per heavy atom. The van der Waals surface area contributed by atoms with E-state index in [4.69, 9.17) is 14.2 Å². The van der Waals surface area contributed by atoms with Crippen LogP contribution in [0.1, 0.15) is 30.0 Å². The Morgan fingerprint density at radius 1 is 1.13 bits per heavy atom. The van der Waals surface area contributed by atoms with Crippen LogP contribution < -0.4 is 18.9 Å². The normalized spacial score (nSPS) is 17.9. The number of carbonyl (C=O) groups excluding carboxylic acids is 1. The maximum Gasteiger partial charge on any atom is 0.387 e. The number of alkyl halides is 2. The number of halogens is 2. The lowest BCUT2D eigenvalue weighted by atomic mass is 10.0. The number of benzene rings is 2. The maximum absolute atomic E-state index is 12.9. The molecule has 1 saturated heterocycles. The molecule has 0 N–H and O–H groups in total. The van der Waals surface area contributed by atoms with Crippen LogP contribution in [-0.4, -0.2) is 44.3 Å². The minimum absolute atomic E-state index is 0.0377. The number of methoxy groups -OCH3 is 1. The molecule has 2 aliphatic rings. The Labute approximate surface area is 179 Å². The number of rotatable bonds is 6. The minimum Gasteiger partial charge on any atom is -0.493 e. The number of hydrogen-bond donors (Lipinski definition) is 0. The molecular weight excluding hydrogens is 408 g/mol. The van der Waals surface area contributed by atoms with Crippen molar-refractivity contribution >= 4 is 12.0 Å². The first kappa shape index (κ1) is 21.0. The van der Waals surface area contributed by atoms with Crippen LogP contribution in [0.4, 0.5) is 8.78 Å². The number of likely N-dealkylation sites (tertiary alicyclic amines) is 1. The Morgan fingerprint density at radius 2 is 1.94 bits per heavy atom. The molecular formula is C23H23F2NO5. The summed E-state index contributed by atoms with van der Waals surface area (Å²) in [5.41, 5.74) is 1.65. The summed E-state index contributed by atoms with van der Waals surface area (Å²) in [4.78, 5) is 14.7. The standard InChI is InChI=1S/C23H23F2NO5/c1-28-20-13-15(4-7-19(20)31-23(24)25)5-9-22(27)26-10-2-3-17(26)16-6-8-18-21(14-16)30-12-11-29-18/h4-9,13-14,17,23H,2-3,10-12H2,1H3. The van der Waals surface area contributed by atoms with Crippen LogP contribution >= 0.6 is 0 Å². The molecule has 0 aliphatic carbocycles. The summed E-state index contributed by atoms with van der Waals surface area (Å²) in [6.45, 7) is -1.24. The molecule has 1 unspecified atom stereocenters. The molecule has 0 spiro atoms. The van der Waals surface area contributed by atoms with E-state index >= 15 is 0 Å². The van der Waals surface area contributed by atoms with E-state index in [0.717, 1.165) is 24.2 Å². The predicted molar refractivity (Wildman–Crippen MR) is 110 cm³/mol. The molecule has 8 heteroatoms. The molecule has 6 nitrogen and oxygen atoms in total. The largest absolute Gasteiger partial charge is 0.493 e. The second-order valence-electron chi connectivity index (χ2n) is 7.21. The van der Waals surface area contributed by atoms with Gasteiger partial charge in [0.05, 0.1) is 13.2 Å². The van der Waals surface area contributed by atoms with Gasteiger partial charge >= 0.3 is 6.61 Å². The van der Waals surface area contributed by atoms with Gasteiger partial charge in [-0.15, -0.1) is 0 Å². The Bertz CT molecular complexity index is 978. The molecule has 1 atom stereocenters. The van der Waals surface area contributed by atoms with Crippen LogP contribution in [0.2, 0.25) is 0 Å². The van der Waals surface area contributed by atoms with Crippen LogP contribution in [-0.2, 0) is 4.79 Å². The quantitative estimate of drug-likeness (QED) is 0.633. The van der Waals surface area contributed by atoms with Gasteiger partial charge in [-0.1, -0.05) is 12.1 Å². The smallest absolute Gasteiger partial charge is 0.387 e. The van der Waals surface area contributed by atoms with Crippen molar-refractivity contribution in [2.24, 2.45) is 0 Å². The Kier molecular flexibility index (Phi) is 6.25. The molecule has 164 valence electrons. The number of fused-ring (bicyclic) bond motifs is 1. The van der Waals surface area contributed by atoms with Gasteiger partial charge in [-0.25, -0.2) is 0 Å². The molecule has 0 bridgehead atoms. The fraction of sp³-hybridized carbons (Fsp3) is 0.348. The van der Waals surface area contributed by atoms with Crippen LogP contribution in [0.15, 0.2) is 42.5 Å². The van der Waals surface area contributed by atoms with Crippen LogP contribution in [0, 0.1) is 0 Å². The first-order valence-electron chi connectivity index (χ1n) is 10.1. The van der Waals surface area contributed by atoms with Crippen molar-refractivity contribution in [2.45, 2.75) is 25.5 Å². The summed E-state index contributed by atoms with van der Waals surface area (Å²) < 4.78 is 45.7. The zero-order valence-electron chi connectivity index (χ0n) is 17.1. The van der Waals surface area contributed by atoms with E-state index in [1.807, 2.05) is 23.1 Å². The highest BCUT2D eigenvalue weighted by atomic mass is 19.3. The lowest BCUT2D eigenvalue weighted by Gasteiger charge is -2.26. The molecule has 1 fully saturated rings. The highest BCUT2D eigenvalue weighted by molar-refractivity contribution is 5.92. The molecule has 1 amide bonds. The van der Waals surface area contributed by atoms with E-state index in [1.54, 1.807) is 18.2 Å². The second-order valence-corrected chi connectivity index (χ2v) is 7.21. The summed E-state index contributed by atoms with van der Waals surface area (Å²) in [6, 6.07) is 10.3. The molecule has 0 radical (unpaired) electrons. The average molecular weight is 431 g/mol. The van der Waals surface area contributed by atoms with Crippen molar-refractivity contribution in [2.75, 3.05) is 26.9 Å². The molecule has 4 rings (SSSR count).